The molecule has 3 aromatic rings. The van der Waals surface area contributed by atoms with Gasteiger partial charge in [0.25, 0.3) is 5.56 Å². The average molecular weight is 318 g/mol. The van der Waals surface area contributed by atoms with Crippen molar-refractivity contribution < 1.29 is 4.74 Å². The van der Waals surface area contributed by atoms with Gasteiger partial charge in [0.05, 0.1) is 36.3 Å². The summed E-state index contributed by atoms with van der Waals surface area (Å²) < 4.78 is 6.64. The smallest absolute Gasteiger partial charge is 0.262 e. The molecule has 6 nitrogen and oxygen atoms in total. The highest BCUT2D eigenvalue weighted by Crippen LogP contribution is 2.22. The van der Waals surface area contributed by atoms with E-state index in [1.54, 1.807) is 29.3 Å². The van der Waals surface area contributed by atoms with Gasteiger partial charge in [-0.25, -0.2) is 4.98 Å². The van der Waals surface area contributed by atoms with Gasteiger partial charge in [0.15, 0.2) is 0 Å². The van der Waals surface area contributed by atoms with Crippen LogP contribution in [-0.4, -0.2) is 26.9 Å². The van der Waals surface area contributed by atoms with E-state index in [-0.39, 0.29) is 5.56 Å². The number of thiophene rings is 1. The molecule has 0 bridgehead atoms. The first-order chi connectivity index (χ1) is 10.7. The Morgan fingerprint density at radius 1 is 1.41 bits per heavy atom. The molecule has 0 aromatic carbocycles. The Hall–Kier alpha value is -1.99. The molecule has 0 spiro atoms. The molecule has 0 saturated carbocycles. The van der Waals surface area contributed by atoms with Gasteiger partial charge in [-0.1, -0.05) is 13.3 Å². The van der Waals surface area contributed by atoms with Gasteiger partial charge in [-0.2, -0.15) is 5.10 Å². The summed E-state index contributed by atoms with van der Waals surface area (Å²) in [7, 11) is 1.63. The summed E-state index contributed by atoms with van der Waals surface area (Å²) in [6, 6.07) is 3.87. The Morgan fingerprint density at radius 2 is 2.27 bits per heavy atom. The Balaban J connectivity index is 1.89. The number of rotatable bonds is 6. The third-order valence-corrected chi connectivity index (χ3v) is 4.49. The predicted octanol–water partition coefficient (Wildman–Crippen LogP) is 2.33. The number of aryl methyl sites for hydroxylation is 1. The zero-order chi connectivity index (χ0) is 15.5. The highest BCUT2D eigenvalue weighted by atomic mass is 32.1. The lowest BCUT2D eigenvalue weighted by Crippen LogP contribution is -2.20. The number of ether oxygens (including phenoxy) is 1. The largest absolute Gasteiger partial charge is 0.378 e. The Kier molecular flexibility index (Phi) is 4.35. The van der Waals surface area contributed by atoms with Gasteiger partial charge in [0.1, 0.15) is 4.83 Å². The van der Waals surface area contributed by atoms with Crippen LogP contribution in [0.3, 0.4) is 0 Å². The van der Waals surface area contributed by atoms with Crippen LogP contribution in [0.15, 0.2) is 23.3 Å². The van der Waals surface area contributed by atoms with Crippen molar-refractivity contribution in [2.24, 2.45) is 0 Å². The fourth-order valence-corrected chi connectivity index (χ4v) is 3.47. The molecule has 3 aromatic heterocycles. The van der Waals surface area contributed by atoms with Crippen LogP contribution in [-0.2, 0) is 24.3 Å². The molecule has 7 heteroatoms. The molecule has 0 unspecified atom stereocenters. The van der Waals surface area contributed by atoms with Crippen molar-refractivity contribution in [1.29, 1.82) is 0 Å². The van der Waals surface area contributed by atoms with Gasteiger partial charge in [0.2, 0.25) is 0 Å². The summed E-state index contributed by atoms with van der Waals surface area (Å²) in [4.78, 5) is 19.0. The SMILES string of the molecule is CCCc1cc2c(=O)n(Cc3cc(COC)n[nH]3)cnc2s1. The Bertz CT molecular complexity index is 834. The standard InChI is InChI=1S/C15H18N4O2S/c1-3-4-12-6-13-14(22-12)16-9-19(15(13)20)7-10-5-11(8-21-2)18-17-10/h5-6,9H,3-4,7-8H2,1-2H3,(H,17,18). The first-order valence-corrected chi connectivity index (χ1v) is 8.03. The lowest BCUT2D eigenvalue weighted by atomic mass is 10.2. The lowest BCUT2D eigenvalue weighted by Gasteiger charge is -2.02. The molecule has 1 N–H and O–H groups in total. The van der Waals surface area contributed by atoms with Crippen LogP contribution >= 0.6 is 11.3 Å². The molecule has 0 radical (unpaired) electrons. The van der Waals surface area contributed by atoms with Gasteiger partial charge in [-0.3, -0.25) is 14.5 Å². The number of methoxy groups -OCH3 is 1. The second kappa shape index (κ2) is 6.41. The molecule has 0 atom stereocenters. The number of fused-ring (bicyclic) bond motifs is 1. The monoisotopic (exact) mass is 318 g/mol. The third-order valence-electron chi connectivity index (χ3n) is 3.38. The molecule has 3 rings (SSSR count). The van der Waals surface area contributed by atoms with Crippen LogP contribution in [0, 0.1) is 0 Å². The topological polar surface area (TPSA) is 72.8 Å². The number of aromatic amines is 1. The summed E-state index contributed by atoms with van der Waals surface area (Å²) in [5.74, 6) is 0. The summed E-state index contributed by atoms with van der Waals surface area (Å²) in [6.45, 7) is 3.01. The van der Waals surface area contributed by atoms with E-state index in [1.165, 1.54) is 4.88 Å². The van der Waals surface area contributed by atoms with E-state index in [9.17, 15) is 4.79 Å². The van der Waals surface area contributed by atoms with E-state index in [4.69, 9.17) is 4.74 Å². The van der Waals surface area contributed by atoms with E-state index in [2.05, 4.69) is 22.1 Å². The van der Waals surface area contributed by atoms with Gasteiger partial charge in [0, 0.05) is 12.0 Å². The molecule has 3 heterocycles. The van der Waals surface area contributed by atoms with Crippen LogP contribution in [0.1, 0.15) is 29.6 Å². The first kappa shape index (κ1) is 14.9. The maximum atomic E-state index is 12.6. The number of aromatic nitrogens is 4. The van der Waals surface area contributed by atoms with E-state index in [0.717, 1.165) is 29.1 Å². The normalized spacial score (nSPS) is 11.4. The summed E-state index contributed by atoms with van der Waals surface area (Å²) in [6.07, 6.45) is 3.66. The van der Waals surface area contributed by atoms with Crippen molar-refractivity contribution in [2.45, 2.75) is 32.9 Å². The fraction of sp³-hybridized carbons (Fsp3) is 0.400. The lowest BCUT2D eigenvalue weighted by molar-refractivity contribution is 0.181. The fourth-order valence-electron chi connectivity index (χ4n) is 2.39. The minimum absolute atomic E-state index is 0.00788. The summed E-state index contributed by atoms with van der Waals surface area (Å²) in [5, 5.41) is 7.77. The molecule has 22 heavy (non-hydrogen) atoms. The van der Waals surface area contributed by atoms with E-state index in [0.29, 0.717) is 18.5 Å². The first-order valence-electron chi connectivity index (χ1n) is 7.21. The van der Waals surface area contributed by atoms with Crippen molar-refractivity contribution in [3.8, 4) is 0 Å². The van der Waals surface area contributed by atoms with Crippen molar-refractivity contribution in [2.75, 3.05) is 7.11 Å². The quantitative estimate of drug-likeness (QED) is 0.757. The molecule has 0 fully saturated rings. The third kappa shape index (κ3) is 2.95. The number of hydrogen-bond acceptors (Lipinski definition) is 5. The second-order valence-corrected chi connectivity index (χ2v) is 6.29. The van der Waals surface area contributed by atoms with E-state index < -0.39 is 0 Å². The van der Waals surface area contributed by atoms with Crippen molar-refractivity contribution in [3.63, 3.8) is 0 Å². The number of nitrogens with zero attached hydrogens (tertiary/aromatic N) is 3. The zero-order valence-electron chi connectivity index (χ0n) is 12.6. The Labute approximate surface area is 131 Å². The molecule has 0 aliphatic rings. The van der Waals surface area contributed by atoms with Crippen molar-refractivity contribution >= 4 is 21.6 Å². The maximum Gasteiger partial charge on any atom is 0.262 e. The zero-order valence-corrected chi connectivity index (χ0v) is 13.4. The molecular formula is C15H18N4O2S. The second-order valence-electron chi connectivity index (χ2n) is 5.18. The van der Waals surface area contributed by atoms with Crippen LogP contribution < -0.4 is 5.56 Å². The highest BCUT2D eigenvalue weighted by molar-refractivity contribution is 7.18. The van der Waals surface area contributed by atoms with Crippen LogP contribution in [0.4, 0.5) is 0 Å². The van der Waals surface area contributed by atoms with E-state index >= 15 is 0 Å². The number of H-pyrrole nitrogens is 1. The molecule has 0 aliphatic heterocycles. The van der Waals surface area contributed by atoms with Gasteiger partial charge < -0.3 is 4.74 Å². The molecule has 0 amide bonds. The van der Waals surface area contributed by atoms with Gasteiger partial charge in [-0.05, 0) is 18.6 Å². The minimum atomic E-state index is -0.00788. The van der Waals surface area contributed by atoms with E-state index in [1.807, 2.05) is 12.1 Å². The number of nitrogens with one attached hydrogen (secondary N) is 1. The minimum Gasteiger partial charge on any atom is -0.378 e. The molecule has 116 valence electrons. The highest BCUT2D eigenvalue weighted by Gasteiger charge is 2.10. The molecule has 0 aliphatic carbocycles. The van der Waals surface area contributed by atoms with Gasteiger partial charge in [-0.15, -0.1) is 11.3 Å². The van der Waals surface area contributed by atoms with Crippen LogP contribution in [0.2, 0.25) is 0 Å². The molecular weight excluding hydrogens is 300 g/mol. The summed E-state index contributed by atoms with van der Waals surface area (Å²) >= 11 is 1.60. The predicted molar refractivity (Wildman–Crippen MR) is 86.3 cm³/mol. The summed E-state index contributed by atoms with van der Waals surface area (Å²) in [5.41, 5.74) is 1.67. The van der Waals surface area contributed by atoms with Crippen molar-refractivity contribution in [1.82, 2.24) is 19.7 Å². The average Bonchev–Trinajstić information content (AvgIpc) is 3.10. The Morgan fingerprint density at radius 3 is 3.05 bits per heavy atom. The van der Waals surface area contributed by atoms with Gasteiger partial charge >= 0.3 is 0 Å². The maximum absolute atomic E-state index is 12.6. The number of hydrogen-bond donors (Lipinski definition) is 1. The molecule has 0 saturated heterocycles. The van der Waals surface area contributed by atoms with Crippen LogP contribution in [0.5, 0.6) is 0 Å². The van der Waals surface area contributed by atoms with Crippen molar-refractivity contribution in [3.05, 3.63) is 45.1 Å². The van der Waals surface area contributed by atoms with Crippen LogP contribution in [0.25, 0.3) is 10.2 Å².